The second kappa shape index (κ2) is 11.0. The van der Waals surface area contributed by atoms with Gasteiger partial charge in [-0.2, -0.15) is 0 Å². The molecule has 3 rings (SSSR count). The highest BCUT2D eigenvalue weighted by molar-refractivity contribution is 5.95. The van der Waals surface area contributed by atoms with E-state index in [9.17, 15) is 18.4 Å². The molecule has 3 aromatic rings. The molecule has 0 aliphatic carbocycles. The Bertz CT molecular complexity index is 1070. The SMILES string of the molecule is Nc1cc(F)c(-c2ccccc2)cc1NC(=O)CCCCCC(=O)Nc1ccc(F)cc1. The molecule has 0 heterocycles. The average Bonchev–Trinajstić information content (AvgIpc) is 2.77. The molecule has 0 saturated heterocycles. The van der Waals surface area contributed by atoms with Gasteiger partial charge in [-0.25, -0.2) is 8.78 Å². The molecule has 3 aromatic carbocycles. The van der Waals surface area contributed by atoms with E-state index in [2.05, 4.69) is 10.6 Å². The Kier molecular flexibility index (Phi) is 7.91. The van der Waals surface area contributed by atoms with Gasteiger partial charge in [-0.1, -0.05) is 36.8 Å². The van der Waals surface area contributed by atoms with Crippen LogP contribution in [0.1, 0.15) is 32.1 Å². The molecular weight excluding hydrogens is 412 g/mol. The normalized spacial score (nSPS) is 10.6. The summed E-state index contributed by atoms with van der Waals surface area (Å²) >= 11 is 0. The van der Waals surface area contributed by atoms with Crippen molar-refractivity contribution >= 4 is 28.9 Å². The fourth-order valence-corrected chi connectivity index (χ4v) is 3.25. The Morgan fingerprint density at radius 3 is 2.06 bits per heavy atom. The lowest BCUT2D eigenvalue weighted by Gasteiger charge is -2.12. The summed E-state index contributed by atoms with van der Waals surface area (Å²) < 4.78 is 27.2. The van der Waals surface area contributed by atoms with Crippen molar-refractivity contribution in [2.75, 3.05) is 16.4 Å². The summed E-state index contributed by atoms with van der Waals surface area (Å²) in [6.07, 6.45) is 2.49. The number of nitrogen functional groups attached to an aromatic ring is 1. The Hall–Kier alpha value is -3.74. The van der Waals surface area contributed by atoms with Crippen LogP contribution in [0.2, 0.25) is 0 Å². The highest BCUT2D eigenvalue weighted by atomic mass is 19.1. The van der Waals surface area contributed by atoms with Gasteiger partial charge in [0.1, 0.15) is 11.6 Å². The van der Waals surface area contributed by atoms with Gasteiger partial charge >= 0.3 is 0 Å². The van der Waals surface area contributed by atoms with E-state index in [0.717, 1.165) is 0 Å². The lowest BCUT2D eigenvalue weighted by molar-refractivity contribution is -0.116. The largest absolute Gasteiger partial charge is 0.397 e. The number of carbonyl (C=O) groups excluding carboxylic acids is 2. The number of hydrogen-bond donors (Lipinski definition) is 3. The molecule has 0 atom stereocenters. The van der Waals surface area contributed by atoms with E-state index in [4.69, 9.17) is 5.73 Å². The van der Waals surface area contributed by atoms with Crippen molar-refractivity contribution in [1.82, 2.24) is 0 Å². The van der Waals surface area contributed by atoms with Gasteiger partial charge in [-0.05, 0) is 54.8 Å². The highest BCUT2D eigenvalue weighted by Gasteiger charge is 2.12. The van der Waals surface area contributed by atoms with E-state index in [1.807, 2.05) is 18.2 Å². The fourth-order valence-electron chi connectivity index (χ4n) is 3.25. The number of halogens is 2. The van der Waals surface area contributed by atoms with Gasteiger partial charge in [0.15, 0.2) is 0 Å². The number of rotatable bonds is 9. The monoisotopic (exact) mass is 437 g/mol. The van der Waals surface area contributed by atoms with Gasteiger partial charge in [0.05, 0.1) is 11.4 Å². The molecule has 5 nitrogen and oxygen atoms in total. The third-order valence-corrected chi connectivity index (χ3v) is 4.93. The summed E-state index contributed by atoms with van der Waals surface area (Å²) in [5.74, 6) is -1.20. The Balaban J connectivity index is 1.43. The van der Waals surface area contributed by atoms with Crippen LogP contribution in [0.25, 0.3) is 11.1 Å². The van der Waals surface area contributed by atoms with Crippen molar-refractivity contribution in [2.45, 2.75) is 32.1 Å². The molecule has 0 aromatic heterocycles. The molecule has 0 spiro atoms. The molecule has 0 fully saturated rings. The summed E-state index contributed by atoms with van der Waals surface area (Å²) in [7, 11) is 0. The maximum absolute atomic E-state index is 14.3. The maximum Gasteiger partial charge on any atom is 0.224 e. The smallest absolute Gasteiger partial charge is 0.224 e. The van der Waals surface area contributed by atoms with Gasteiger partial charge < -0.3 is 16.4 Å². The molecule has 7 heteroatoms. The molecule has 166 valence electrons. The summed E-state index contributed by atoms with van der Waals surface area (Å²) in [5.41, 5.74) is 8.01. The quantitative estimate of drug-likeness (QED) is 0.295. The van der Waals surface area contributed by atoms with E-state index in [1.165, 1.54) is 36.4 Å². The van der Waals surface area contributed by atoms with Gasteiger partial charge in [-0.15, -0.1) is 0 Å². The highest BCUT2D eigenvalue weighted by Crippen LogP contribution is 2.30. The molecule has 4 N–H and O–H groups in total. The van der Waals surface area contributed by atoms with E-state index in [-0.39, 0.29) is 29.7 Å². The lowest BCUT2D eigenvalue weighted by atomic mass is 10.0. The van der Waals surface area contributed by atoms with Crippen LogP contribution in [0.5, 0.6) is 0 Å². The topological polar surface area (TPSA) is 84.2 Å². The van der Waals surface area contributed by atoms with Crippen molar-refractivity contribution in [3.63, 3.8) is 0 Å². The number of nitrogens with two attached hydrogens (primary N) is 1. The van der Waals surface area contributed by atoms with Crippen LogP contribution >= 0.6 is 0 Å². The molecule has 0 radical (unpaired) electrons. The van der Waals surface area contributed by atoms with Crippen molar-refractivity contribution in [2.24, 2.45) is 0 Å². The van der Waals surface area contributed by atoms with Crippen molar-refractivity contribution in [1.29, 1.82) is 0 Å². The van der Waals surface area contributed by atoms with E-state index in [0.29, 0.717) is 48.2 Å². The minimum absolute atomic E-state index is 0.159. The van der Waals surface area contributed by atoms with Crippen LogP contribution in [0.4, 0.5) is 25.8 Å². The molecule has 0 bridgehead atoms. The van der Waals surface area contributed by atoms with Gasteiger partial charge in [0.2, 0.25) is 11.8 Å². The Morgan fingerprint density at radius 1 is 0.781 bits per heavy atom. The van der Waals surface area contributed by atoms with Crippen LogP contribution in [0.3, 0.4) is 0 Å². The number of carbonyl (C=O) groups is 2. The standard InChI is InChI=1S/C25H25F2N3O2/c26-18-11-13-19(14-12-18)29-24(31)9-5-2-6-10-25(32)30-23-15-20(21(27)16-22(23)28)17-7-3-1-4-8-17/h1,3-4,7-8,11-16H,2,5-6,9-10,28H2,(H,29,31)(H,30,32). The van der Waals surface area contributed by atoms with E-state index < -0.39 is 5.82 Å². The zero-order valence-corrected chi connectivity index (χ0v) is 17.5. The summed E-state index contributed by atoms with van der Waals surface area (Å²) in [4.78, 5) is 24.2. The van der Waals surface area contributed by atoms with Crippen molar-refractivity contribution < 1.29 is 18.4 Å². The molecule has 2 amide bonds. The first-order valence-electron chi connectivity index (χ1n) is 10.4. The van der Waals surface area contributed by atoms with E-state index >= 15 is 0 Å². The predicted molar refractivity (Wildman–Crippen MR) is 123 cm³/mol. The van der Waals surface area contributed by atoms with Crippen LogP contribution in [0.15, 0.2) is 66.7 Å². The zero-order chi connectivity index (χ0) is 22.9. The van der Waals surface area contributed by atoms with Crippen LogP contribution < -0.4 is 16.4 Å². The molecule has 32 heavy (non-hydrogen) atoms. The Labute approximate surface area is 185 Å². The average molecular weight is 437 g/mol. The Morgan fingerprint density at radius 2 is 1.41 bits per heavy atom. The lowest BCUT2D eigenvalue weighted by Crippen LogP contribution is -2.13. The summed E-state index contributed by atoms with van der Waals surface area (Å²) in [6.45, 7) is 0. The van der Waals surface area contributed by atoms with Crippen molar-refractivity contribution in [3.8, 4) is 11.1 Å². The summed E-state index contributed by atoms with van der Waals surface area (Å²) in [5, 5.41) is 5.45. The van der Waals surface area contributed by atoms with Gasteiger partial charge in [0.25, 0.3) is 0 Å². The second-order valence-corrected chi connectivity index (χ2v) is 7.45. The fraction of sp³-hybridized carbons (Fsp3) is 0.200. The first-order valence-corrected chi connectivity index (χ1v) is 10.4. The van der Waals surface area contributed by atoms with Crippen molar-refractivity contribution in [3.05, 3.63) is 78.4 Å². The maximum atomic E-state index is 14.3. The van der Waals surface area contributed by atoms with Gasteiger partial charge in [0, 0.05) is 24.1 Å². The molecule has 0 aliphatic heterocycles. The molecular formula is C25H25F2N3O2. The third kappa shape index (κ3) is 6.63. The van der Waals surface area contributed by atoms with E-state index in [1.54, 1.807) is 12.1 Å². The first kappa shape index (κ1) is 22.9. The minimum Gasteiger partial charge on any atom is -0.397 e. The number of amides is 2. The summed E-state index contributed by atoms with van der Waals surface area (Å²) in [6, 6.07) is 17.3. The molecule has 0 unspecified atom stereocenters. The second-order valence-electron chi connectivity index (χ2n) is 7.45. The van der Waals surface area contributed by atoms with Gasteiger partial charge in [-0.3, -0.25) is 9.59 Å². The molecule has 0 saturated carbocycles. The number of hydrogen-bond acceptors (Lipinski definition) is 3. The number of benzene rings is 3. The zero-order valence-electron chi connectivity index (χ0n) is 17.5. The number of unbranched alkanes of at least 4 members (excludes halogenated alkanes) is 2. The minimum atomic E-state index is -0.453. The number of anilines is 3. The number of nitrogens with one attached hydrogen (secondary N) is 2. The van der Waals surface area contributed by atoms with Crippen LogP contribution in [-0.2, 0) is 9.59 Å². The predicted octanol–water partition coefficient (Wildman–Crippen LogP) is 5.74. The van der Waals surface area contributed by atoms with Crippen LogP contribution in [0, 0.1) is 11.6 Å². The van der Waals surface area contributed by atoms with Crippen LogP contribution in [-0.4, -0.2) is 11.8 Å². The third-order valence-electron chi connectivity index (χ3n) is 4.93. The molecule has 0 aliphatic rings. The first-order chi connectivity index (χ1) is 15.4.